The van der Waals surface area contributed by atoms with Crippen LogP contribution in [-0.4, -0.2) is 52.3 Å². The molecule has 9 nitrogen and oxygen atoms in total. The van der Waals surface area contributed by atoms with Crippen LogP contribution in [0.15, 0.2) is 54.6 Å². The molecular weight excluding hydrogens is 374 g/mol. The van der Waals surface area contributed by atoms with E-state index in [0.29, 0.717) is 43.9 Å². The van der Waals surface area contributed by atoms with Crippen LogP contribution in [0.25, 0.3) is 0 Å². The zero-order chi connectivity index (χ0) is 20.1. The second kappa shape index (κ2) is 8.53. The van der Waals surface area contributed by atoms with E-state index < -0.39 is 5.97 Å². The second-order valence-electron chi connectivity index (χ2n) is 6.27. The number of benzene rings is 2. The lowest BCUT2D eigenvalue weighted by atomic mass is 10.2. The van der Waals surface area contributed by atoms with Gasteiger partial charge in [0.1, 0.15) is 5.75 Å². The molecule has 0 bridgehead atoms. The first-order valence-electron chi connectivity index (χ1n) is 9.09. The summed E-state index contributed by atoms with van der Waals surface area (Å²) >= 11 is 0. The smallest absolute Gasteiger partial charge is 0.335 e. The summed E-state index contributed by atoms with van der Waals surface area (Å²) in [6.45, 7) is 2.49. The Kier molecular flexibility index (Phi) is 5.48. The maximum absolute atomic E-state index is 11.2. The summed E-state index contributed by atoms with van der Waals surface area (Å²) in [4.78, 5) is 26.4. The average Bonchev–Trinajstić information content (AvgIpc) is 2.75. The minimum absolute atomic E-state index is 0.0717. The molecule has 4 rings (SSSR count). The molecule has 0 aliphatic carbocycles. The standard InChI is InChI=1S/C20H19N5O4/c26-17(27)14-5-4-8-16(13-14)29-20-23-18(21-15-6-2-1-3-7-15)22-19(24-20)25-9-11-28-12-10-25/h1-8,13H,9-12H2,(H,26,27)(H,21,22,23,24). The molecule has 0 amide bonds. The average molecular weight is 393 g/mol. The van der Waals surface area contributed by atoms with Crippen molar-refractivity contribution in [2.24, 2.45) is 0 Å². The van der Waals surface area contributed by atoms with E-state index in [-0.39, 0.29) is 11.6 Å². The number of para-hydroxylation sites is 1. The van der Waals surface area contributed by atoms with Crippen molar-refractivity contribution in [3.8, 4) is 11.8 Å². The number of anilines is 3. The Balaban J connectivity index is 1.65. The van der Waals surface area contributed by atoms with E-state index in [9.17, 15) is 9.90 Å². The molecule has 1 aliphatic rings. The van der Waals surface area contributed by atoms with Crippen molar-refractivity contribution >= 4 is 23.6 Å². The van der Waals surface area contributed by atoms with Crippen LogP contribution >= 0.6 is 0 Å². The van der Waals surface area contributed by atoms with Gasteiger partial charge in [0.25, 0.3) is 0 Å². The zero-order valence-electron chi connectivity index (χ0n) is 15.5. The molecule has 1 fully saturated rings. The Hall–Kier alpha value is -3.72. The molecule has 0 radical (unpaired) electrons. The molecule has 2 N–H and O–H groups in total. The minimum Gasteiger partial charge on any atom is -0.478 e. The van der Waals surface area contributed by atoms with Crippen molar-refractivity contribution in [2.45, 2.75) is 0 Å². The van der Waals surface area contributed by atoms with Gasteiger partial charge >= 0.3 is 12.0 Å². The van der Waals surface area contributed by atoms with Crippen LogP contribution in [0.5, 0.6) is 11.8 Å². The number of carbonyl (C=O) groups is 1. The molecule has 1 aliphatic heterocycles. The first kappa shape index (κ1) is 18.6. The molecule has 148 valence electrons. The number of hydrogen-bond donors (Lipinski definition) is 2. The predicted molar refractivity (Wildman–Crippen MR) is 106 cm³/mol. The van der Waals surface area contributed by atoms with Crippen molar-refractivity contribution < 1.29 is 19.4 Å². The summed E-state index contributed by atoms with van der Waals surface area (Å²) in [5, 5.41) is 12.3. The fraction of sp³-hybridized carbons (Fsp3) is 0.200. The van der Waals surface area contributed by atoms with Gasteiger partial charge in [0.05, 0.1) is 18.8 Å². The molecule has 3 aromatic rings. The Morgan fingerprint density at radius 2 is 1.83 bits per heavy atom. The van der Waals surface area contributed by atoms with Gasteiger partial charge in [-0.3, -0.25) is 0 Å². The Morgan fingerprint density at radius 1 is 1.03 bits per heavy atom. The third kappa shape index (κ3) is 4.77. The molecule has 29 heavy (non-hydrogen) atoms. The maximum Gasteiger partial charge on any atom is 0.335 e. The molecule has 2 aromatic carbocycles. The summed E-state index contributed by atoms with van der Waals surface area (Å²) in [6.07, 6.45) is 0. The summed E-state index contributed by atoms with van der Waals surface area (Å²) in [6, 6.07) is 15.8. The monoisotopic (exact) mass is 393 g/mol. The molecule has 0 spiro atoms. The molecule has 0 atom stereocenters. The van der Waals surface area contributed by atoms with Gasteiger partial charge in [-0.25, -0.2) is 4.79 Å². The molecular formula is C20H19N5O4. The lowest BCUT2D eigenvalue weighted by molar-refractivity contribution is 0.0696. The number of aromatic carboxylic acids is 1. The molecule has 1 saturated heterocycles. The largest absolute Gasteiger partial charge is 0.478 e. The number of nitrogens with one attached hydrogen (secondary N) is 1. The van der Waals surface area contributed by atoms with Crippen molar-refractivity contribution in [1.29, 1.82) is 0 Å². The van der Waals surface area contributed by atoms with Crippen LogP contribution in [0.1, 0.15) is 10.4 Å². The van der Waals surface area contributed by atoms with Crippen LogP contribution < -0.4 is 15.0 Å². The highest BCUT2D eigenvalue weighted by Gasteiger charge is 2.18. The summed E-state index contributed by atoms with van der Waals surface area (Å²) in [5.41, 5.74) is 0.943. The Morgan fingerprint density at radius 3 is 2.59 bits per heavy atom. The highest BCUT2D eigenvalue weighted by Crippen LogP contribution is 2.24. The van der Waals surface area contributed by atoms with Crippen LogP contribution in [0.2, 0.25) is 0 Å². The first-order valence-corrected chi connectivity index (χ1v) is 9.09. The molecule has 0 unspecified atom stereocenters. The van der Waals surface area contributed by atoms with E-state index in [4.69, 9.17) is 9.47 Å². The van der Waals surface area contributed by atoms with E-state index in [0.717, 1.165) is 5.69 Å². The van der Waals surface area contributed by atoms with Gasteiger partial charge in [-0.05, 0) is 30.3 Å². The van der Waals surface area contributed by atoms with Crippen molar-refractivity contribution in [3.05, 3.63) is 60.2 Å². The quantitative estimate of drug-likeness (QED) is 0.653. The van der Waals surface area contributed by atoms with Gasteiger partial charge in [0.15, 0.2) is 0 Å². The van der Waals surface area contributed by atoms with E-state index in [1.165, 1.54) is 12.1 Å². The topological polar surface area (TPSA) is 110 Å². The fourth-order valence-electron chi connectivity index (χ4n) is 2.80. The third-order valence-corrected chi connectivity index (χ3v) is 4.22. The van der Waals surface area contributed by atoms with Gasteiger partial charge < -0.3 is 24.8 Å². The summed E-state index contributed by atoms with van der Waals surface area (Å²) in [5.74, 6) is 0.0874. The first-order chi connectivity index (χ1) is 14.2. The molecule has 2 heterocycles. The number of ether oxygens (including phenoxy) is 2. The van der Waals surface area contributed by atoms with E-state index in [2.05, 4.69) is 20.3 Å². The van der Waals surface area contributed by atoms with Gasteiger partial charge in [0.2, 0.25) is 11.9 Å². The third-order valence-electron chi connectivity index (χ3n) is 4.22. The molecule has 1 aromatic heterocycles. The maximum atomic E-state index is 11.2. The van der Waals surface area contributed by atoms with Gasteiger partial charge in [-0.2, -0.15) is 15.0 Å². The Labute approximate surface area is 167 Å². The summed E-state index contributed by atoms with van der Waals surface area (Å²) in [7, 11) is 0. The Bertz CT molecular complexity index is 993. The number of hydrogen-bond acceptors (Lipinski definition) is 8. The van der Waals surface area contributed by atoms with Crippen molar-refractivity contribution in [2.75, 3.05) is 36.5 Å². The van der Waals surface area contributed by atoms with Crippen molar-refractivity contribution in [1.82, 2.24) is 15.0 Å². The zero-order valence-corrected chi connectivity index (χ0v) is 15.5. The SMILES string of the molecule is O=C(O)c1cccc(Oc2nc(Nc3ccccc3)nc(N3CCOCC3)n2)c1. The molecule has 9 heteroatoms. The van der Waals surface area contributed by atoms with Crippen LogP contribution in [0.4, 0.5) is 17.6 Å². The predicted octanol–water partition coefficient (Wildman–Crippen LogP) is 2.94. The van der Waals surface area contributed by atoms with E-state index in [1.807, 2.05) is 35.2 Å². The van der Waals surface area contributed by atoms with Gasteiger partial charge in [-0.15, -0.1) is 0 Å². The number of rotatable bonds is 6. The number of carboxylic acid groups (broad SMARTS) is 1. The van der Waals surface area contributed by atoms with E-state index >= 15 is 0 Å². The van der Waals surface area contributed by atoms with Crippen LogP contribution in [0, 0.1) is 0 Å². The number of morpholine rings is 1. The van der Waals surface area contributed by atoms with Gasteiger partial charge in [-0.1, -0.05) is 24.3 Å². The number of carboxylic acids is 1. The normalized spacial score (nSPS) is 13.7. The number of nitrogens with zero attached hydrogens (tertiary/aromatic N) is 4. The molecule has 0 saturated carbocycles. The van der Waals surface area contributed by atoms with Crippen LogP contribution in [-0.2, 0) is 4.74 Å². The fourth-order valence-corrected chi connectivity index (χ4v) is 2.80. The highest BCUT2D eigenvalue weighted by atomic mass is 16.5. The van der Waals surface area contributed by atoms with Crippen molar-refractivity contribution in [3.63, 3.8) is 0 Å². The number of aromatic nitrogens is 3. The highest BCUT2D eigenvalue weighted by molar-refractivity contribution is 5.88. The lowest BCUT2D eigenvalue weighted by Gasteiger charge is -2.27. The minimum atomic E-state index is -1.04. The lowest BCUT2D eigenvalue weighted by Crippen LogP contribution is -2.37. The second-order valence-corrected chi connectivity index (χ2v) is 6.27. The van der Waals surface area contributed by atoms with Crippen LogP contribution in [0.3, 0.4) is 0 Å². The summed E-state index contributed by atoms with van der Waals surface area (Å²) < 4.78 is 11.1. The van der Waals surface area contributed by atoms with Gasteiger partial charge in [0, 0.05) is 18.8 Å². The van der Waals surface area contributed by atoms with E-state index in [1.54, 1.807) is 12.1 Å².